The third kappa shape index (κ3) is 4.85. The fourth-order valence-corrected chi connectivity index (χ4v) is 3.91. The van der Waals surface area contributed by atoms with E-state index in [1.54, 1.807) is 11.0 Å². The van der Waals surface area contributed by atoms with Crippen LogP contribution in [0.2, 0.25) is 5.02 Å². The van der Waals surface area contributed by atoms with E-state index < -0.39 is 11.7 Å². The summed E-state index contributed by atoms with van der Waals surface area (Å²) in [7, 11) is 0. The maximum Gasteiger partial charge on any atom is 0.417 e. The summed E-state index contributed by atoms with van der Waals surface area (Å²) in [6.07, 6.45) is -2.65. The Morgan fingerprint density at radius 2 is 2.00 bits per heavy atom. The van der Waals surface area contributed by atoms with Crippen molar-refractivity contribution in [2.45, 2.75) is 25.9 Å². The van der Waals surface area contributed by atoms with Gasteiger partial charge in [-0.05, 0) is 38.0 Å². The quantitative estimate of drug-likeness (QED) is 0.584. The molecule has 2 N–H and O–H groups in total. The van der Waals surface area contributed by atoms with E-state index in [2.05, 4.69) is 25.5 Å². The number of anilines is 2. The number of H-pyrrole nitrogens is 1. The molecule has 7 nitrogen and oxygen atoms in total. The predicted octanol–water partition coefficient (Wildman–Crippen LogP) is 4.70. The SMILES string of the molecule is Cc1nc(-c2cccc(NC(=O)C3CCN(c4ncc(C(F)(F)F)cc4Cl)CC3)c2)n[nH]1. The first-order chi connectivity index (χ1) is 15.2. The standard InChI is InChI=1S/C21H20ClF3N6O/c1-12-27-18(30-29-12)14-3-2-4-16(9-14)28-20(32)13-5-7-31(8-6-13)19-17(22)10-15(11-26-19)21(23,24)25/h2-4,9-11,13H,5-8H2,1H3,(H,28,32)(H,27,29,30). The number of pyridine rings is 1. The van der Waals surface area contributed by atoms with Gasteiger partial charge in [0, 0.05) is 36.5 Å². The van der Waals surface area contributed by atoms with Crippen LogP contribution in [0.4, 0.5) is 24.7 Å². The Balaban J connectivity index is 1.37. The molecule has 0 atom stereocenters. The average Bonchev–Trinajstić information content (AvgIpc) is 3.20. The summed E-state index contributed by atoms with van der Waals surface area (Å²) in [5.74, 6) is 1.21. The molecule has 1 amide bonds. The Kier molecular flexibility index (Phi) is 6.05. The molecule has 32 heavy (non-hydrogen) atoms. The van der Waals surface area contributed by atoms with Crippen LogP contribution in [0.1, 0.15) is 24.2 Å². The Morgan fingerprint density at radius 1 is 1.25 bits per heavy atom. The second-order valence-electron chi connectivity index (χ2n) is 7.60. The fraction of sp³-hybridized carbons (Fsp3) is 0.333. The number of aromatic nitrogens is 4. The van der Waals surface area contributed by atoms with Gasteiger partial charge in [0.1, 0.15) is 11.6 Å². The largest absolute Gasteiger partial charge is 0.417 e. The number of benzene rings is 1. The number of nitrogens with zero attached hydrogens (tertiary/aromatic N) is 4. The zero-order valence-electron chi connectivity index (χ0n) is 17.1. The number of amides is 1. The van der Waals surface area contributed by atoms with Crippen LogP contribution in [0.15, 0.2) is 36.5 Å². The van der Waals surface area contributed by atoms with Crippen molar-refractivity contribution in [2.24, 2.45) is 5.92 Å². The molecule has 1 saturated heterocycles. The molecule has 1 aliphatic heterocycles. The number of piperidine rings is 1. The Bertz CT molecular complexity index is 1120. The topological polar surface area (TPSA) is 86.8 Å². The Labute approximate surface area is 187 Å². The van der Waals surface area contributed by atoms with Gasteiger partial charge in [-0.1, -0.05) is 23.7 Å². The molecular formula is C21H20ClF3N6O. The first-order valence-corrected chi connectivity index (χ1v) is 10.4. The van der Waals surface area contributed by atoms with E-state index in [1.165, 1.54) is 0 Å². The van der Waals surface area contributed by atoms with Crippen LogP contribution < -0.4 is 10.2 Å². The molecule has 0 spiro atoms. The summed E-state index contributed by atoms with van der Waals surface area (Å²) >= 11 is 6.05. The molecule has 4 rings (SSSR count). The number of aryl methyl sites for hydroxylation is 1. The third-order valence-electron chi connectivity index (χ3n) is 5.30. The lowest BCUT2D eigenvalue weighted by Crippen LogP contribution is -2.38. The summed E-state index contributed by atoms with van der Waals surface area (Å²) in [4.78, 5) is 22.8. The summed E-state index contributed by atoms with van der Waals surface area (Å²) in [5, 5.41) is 9.79. The second kappa shape index (κ2) is 8.78. The average molecular weight is 465 g/mol. The molecule has 1 aromatic carbocycles. The highest BCUT2D eigenvalue weighted by Crippen LogP contribution is 2.34. The third-order valence-corrected chi connectivity index (χ3v) is 5.58. The highest BCUT2D eigenvalue weighted by molar-refractivity contribution is 6.33. The van der Waals surface area contributed by atoms with Crippen molar-refractivity contribution in [3.05, 3.63) is 52.9 Å². The number of hydrogen-bond donors (Lipinski definition) is 2. The summed E-state index contributed by atoms with van der Waals surface area (Å²) in [5.41, 5.74) is 0.540. The van der Waals surface area contributed by atoms with Gasteiger partial charge < -0.3 is 10.2 Å². The Hall–Kier alpha value is -3.14. The second-order valence-corrected chi connectivity index (χ2v) is 8.01. The number of aromatic amines is 1. The molecule has 11 heteroatoms. The van der Waals surface area contributed by atoms with Gasteiger partial charge in [-0.3, -0.25) is 9.89 Å². The Morgan fingerprint density at radius 3 is 2.62 bits per heavy atom. The van der Waals surface area contributed by atoms with Gasteiger partial charge >= 0.3 is 6.18 Å². The molecule has 0 radical (unpaired) electrons. The number of carbonyl (C=O) groups is 1. The molecule has 0 saturated carbocycles. The van der Waals surface area contributed by atoms with Crippen molar-refractivity contribution in [1.82, 2.24) is 20.2 Å². The molecule has 1 aliphatic rings. The number of rotatable bonds is 4. The van der Waals surface area contributed by atoms with Gasteiger partial charge in [-0.2, -0.15) is 18.3 Å². The molecule has 2 aromatic heterocycles. The van der Waals surface area contributed by atoms with Crippen LogP contribution in [-0.4, -0.2) is 39.2 Å². The van der Waals surface area contributed by atoms with Gasteiger partial charge in [0.05, 0.1) is 10.6 Å². The lowest BCUT2D eigenvalue weighted by molar-refractivity contribution is -0.137. The molecule has 0 aliphatic carbocycles. The van der Waals surface area contributed by atoms with E-state index in [0.717, 1.165) is 17.8 Å². The van der Waals surface area contributed by atoms with Gasteiger partial charge in [-0.25, -0.2) is 9.97 Å². The van der Waals surface area contributed by atoms with Crippen molar-refractivity contribution >= 4 is 29.0 Å². The van der Waals surface area contributed by atoms with Crippen LogP contribution >= 0.6 is 11.6 Å². The number of carbonyl (C=O) groups excluding carboxylic acids is 1. The van der Waals surface area contributed by atoms with E-state index >= 15 is 0 Å². The lowest BCUT2D eigenvalue weighted by atomic mass is 9.95. The molecule has 3 heterocycles. The van der Waals surface area contributed by atoms with Crippen molar-refractivity contribution in [3.8, 4) is 11.4 Å². The summed E-state index contributed by atoms with van der Waals surface area (Å²) in [6.45, 7) is 2.74. The number of alkyl halides is 3. The van der Waals surface area contributed by atoms with E-state index in [-0.39, 0.29) is 16.8 Å². The zero-order chi connectivity index (χ0) is 22.9. The predicted molar refractivity (Wildman–Crippen MR) is 114 cm³/mol. The minimum atomic E-state index is -4.50. The van der Waals surface area contributed by atoms with Gasteiger partial charge in [0.2, 0.25) is 5.91 Å². The molecule has 1 fully saturated rings. The molecule has 168 valence electrons. The van der Waals surface area contributed by atoms with Crippen LogP contribution in [-0.2, 0) is 11.0 Å². The first kappa shape index (κ1) is 22.1. The van der Waals surface area contributed by atoms with E-state index in [4.69, 9.17) is 11.6 Å². The van der Waals surface area contributed by atoms with Gasteiger partial charge in [0.25, 0.3) is 0 Å². The van der Waals surface area contributed by atoms with E-state index in [1.807, 2.05) is 25.1 Å². The van der Waals surface area contributed by atoms with Crippen LogP contribution in [0.25, 0.3) is 11.4 Å². The van der Waals surface area contributed by atoms with E-state index in [0.29, 0.717) is 49.1 Å². The van der Waals surface area contributed by atoms with Gasteiger partial charge in [-0.15, -0.1) is 0 Å². The van der Waals surface area contributed by atoms with Crippen molar-refractivity contribution < 1.29 is 18.0 Å². The minimum absolute atomic E-state index is 0.0539. The normalized spacial score (nSPS) is 15.1. The monoisotopic (exact) mass is 464 g/mol. The molecule has 0 bridgehead atoms. The zero-order valence-corrected chi connectivity index (χ0v) is 17.8. The fourth-order valence-electron chi connectivity index (χ4n) is 3.62. The number of hydrogen-bond acceptors (Lipinski definition) is 5. The van der Waals surface area contributed by atoms with Crippen molar-refractivity contribution in [3.63, 3.8) is 0 Å². The maximum absolute atomic E-state index is 12.8. The van der Waals surface area contributed by atoms with Crippen LogP contribution in [0.3, 0.4) is 0 Å². The van der Waals surface area contributed by atoms with Crippen LogP contribution in [0.5, 0.6) is 0 Å². The lowest BCUT2D eigenvalue weighted by Gasteiger charge is -2.32. The van der Waals surface area contributed by atoms with Crippen molar-refractivity contribution in [2.75, 3.05) is 23.3 Å². The molecule has 0 unspecified atom stereocenters. The highest BCUT2D eigenvalue weighted by atomic mass is 35.5. The highest BCUT2D eigenvalue weighted by Gasteiger charge is 2.33. The summed E-state index contributed by atoms with van der Waals surface area (Å²) < 4.78 is 38.5. The molecule has 3 aromatic rings. The minimum Gasteiger partial charge on any atom is -0.355 e. The summed E-state index contributed by atoms with van der Waals surface area (Å²) in [6, 6.07) is 8.16. The van der Waals surface area contributed by atoms with Crippen molar-refractivity contribution in [1.29, 1.82) is 0 Å². The van der Waals surface area contributed by atoms with Gasteiger partial charge in [0.15, 0.2) is 5.82 Å². The van der Waals surface area contributed by atoms with E-state index in [9.17, 15) is 18.0 Å². The molecular weight excluding hydrogens is 445 g/mol. The smallest absolute Gasteiger partial charge is 0.355 e. The first-order valence-electron chi connectivity index (χ1n) is 9.98. The maximum atomic E-state index is 12.8. The van der Waals surface area contributed by atoms with Crippen LogP contribution in [0, 0.1) is 12.8 Å². The number of halogens is 4. The number of nitrogens with one attached hydrogen (secondary N) is 2.